The van der Waals surface area contributed by atoms with Gasteiger partial charge in [-0.05, 0) is 63.7 Å². The molecule has 5 nitrogen and oxygen atoms in total. The van der Waals surface area contributed by atoms with Crippen LogP contribution in [0.15, 0.2) is 42.5 Å². The first-order valence-corrected chi connectivity index (χ1v) is 9.93. The smallest absolute Gasteiger partial charge is 0.251 e. The van der Waals surface area contributed by atoms with E-state index in [1.54, 1.807) is 18.2 Å². The van der Waals surface area contributed by atoms with E-state index in [1.807, 2.05) is 27.9 Å². The van der Waals surface area contributed by atoms with Gasteiger partial charge >= 0.3 is 0 Å². The number of hydrogen-bond donors (Lipinski definition) is 1. The lowest BCUT2D eigenvalue weighted by atomic mass is 10.0. The van der Waals surface area contributed by atoms with Crippen LogP contribution in [0, 0.1) is 0 Å². The lowest BCUT2D eigenvalue weighted by Crippen LogP contribution is -2.34. The van der Waals surface area contributed by atoms with Gasteiger partial charge in [0.05, 0.1) is 19.3 Å². The highest BCUT2D eigenvalue weighted by atomic mass is 16.5. The fourth-order valence-electron chi connectivity index (χ4n) is 3.06. The molecular formula is C23H32N2O3. The van der Waals surface area contributed by atoms with E-state index in [-0.39, 0.29) is 11.9 Å². The summed E-state index contributed by atoms with van der Waals surface area (Å²) in [5.74, 6) is 1.13. The van der Waals surface area contributed by atoms with Crippen molar-refractivity contribution in [2.45, 2.75) is 33.2 Å². The van der Waals surface area contributed by atoms with Crippen molar-refractivity contribution in [2.24, 2.45) is 0 Å². The minimum Gasteiger partial charge on any atom is -0.490 e. The monoisotopic (exact) mass is 384 g/mol. The zero-order chi connectivity index (χ0) is 20.5. The van der Waals surface area contributed by atoms with Crippen LogP contribution in [0.1, 0.15) is 48.3 Å². The van der Waals surface area contributed by atoms with Crippen LogP contribution in [-0.4, -0.2) is 44.7 Å². The summed E-state index contributed by atoms with van der Waals surface area (Å²) in [5.41, 5.74) is 3.05. The van der Waals surface area contributed by atoms with Crippen LogP contribution in [0.4, 0.5) is 0 Å². The Balaban J connectivity index is 2.10. The molecule has 0 bridgehead atoms. The number of ether oxygens (including phenoxy) is 2. The SMILES string of the molecule is CCOc1ccc(C(=O)NCC(c2ccc(CC)cc2)N(C)C)cc1OCC. The molecule has 0 saturated heterocycles. The zero-order valence-electron chi connectivity index (χ0n) is 17.6. The minimum atomic E-state index is -0.124. The van der Waals surface area contributed by atoms with Crippen molar-refractivity contribution >= 4 is 5.91 Å². The summed E-state index contributed by atoms with van der Waals surface area (Å²) in [5, 5.41) is 3.05. The Morgan fingerprint density at radius 2 is 1.61 bits per heavy atom. The number of benzene rings is 2. The quantitative estimate of drug-likeness (QED) is 0.671. The van der Waals surface area contributed by atoms with E-state index in [4.69, 9.17) is 9.47 Å². The Kier molecular flexibility index (Phi) is 8.33. The lowest BCUT2D eigenvalue weighted by molar-refractivity contribution is 0.0941. The summed E-state index contributed by atoms with van der Waals surface area (Å²) in [7, 11) is 4.04. The van der Waals surface area contributed by atoms with Gasteiger partial charge in [-0.25, -0.2) is 0 Å². The van der Waals surface area contributed by atoms with Gasteiger partial charge in [-0.1, -0.05) is 31.2 Å². The fourth-order valence-corrected chi connectivity index (χ4v) is 3.06. The summed E-state index contributed by atoms with van der Waals surface area (Å²) < 4.78 is 11.2. The molecular weight excluding hydrogens is 352 g/mol. The third-order valence-electron chi connectivity index (χ3n) is 4.66. The normalized spacial score (nSPS) is 11.9. The van der Waals surface area contributed by atoms with Crippen LogP contribution in [0.3, 0.4) is 0 Å². The van der Waals surface area contributed by atoms with Crippen molar-refractivity contribution in [1.29, 1.82) is 0 Å². The Bertz CT molecular complexity index is 757. The van der Waals surface area contributed by atoms with E-state index in [9.17, 15) is 4.79 Å². The molecule has 0 radical (unpaired) electrons. The number of rotatable bonds is 10. The number of nitrogens with one attached hydrogen (secondary N) is 1. The summed E-state index contributed by atoms with van der Waals surface area (Å²) in [6, 6.07) is 14.0. The van der Waals surface area contributed by atoms with Crippen molar-refractivity contribution in [3.63, 3.8) is 0 Å². The van der Waals surface area contributed by atoms with Gasteiger partial charge in [0.2, 0.25) is 0 Å². The Morgan fingerprint density at radius 1 is 0.964 bits per heavy atom. The largest absolute Gasteiger partial charge is 0.490 e. The maximum atomic E-state index is 12.7. The van der Waals surface area contributed by atoms with Crippen molar-refractivity contribution in [3.05, 3.63) is 59.2 Å². The molecule has 0 spiro atoms. The highest BCUT2D eigenvalue weighted by Gasteiger charge is 2.17. The molecule has 28 heavy (non-hydrogen) atoms. The molecule has 2 rings (SSSR count). The third-order valence-corrected chi connectivity index (χ3v) is 4.66. The van der Waals surface area contributed by atoms with Gasteiger partial charge < -0.3 is 19.7 Å². The number of carbonyl (C=O) groups is 1. The first-order chi connectivity index (χ1) is 13.5. The zero-order valence-corrected chi connectivity index (χ0v) is 17.6. The predicted molar refractivity (Wildman–Crippen MR) is 113 cm³/mol. The molecule has 1 N–H and O–H groups in total. The topological polar surface area (TPSA) is 50.8 Å². The molecule has 1 atom stereocenters. The fraction of sp³-hybridized carbons (Fsp3) is 0.435. The molecule has 0 fully saturated rings. The molecule has 0 saturated carbocycles. The van der Waals surface area contributed by atoms with Crippen LogP contribution in [-0.2, 0) is 6.42 Å². The second kappa shape index (κ2) is 10.7. The van der Waals surface area contributed by atoms with Gasteiger partial charge in [0, 0.05) is 12.1 Å². The first kappa shape index (κ1) is 21.8. The standard InChI is InChI=1S/C23H32N2O3/c1-6-17-9-11-18(12-10-17)20(25(4)5)16-24-23(26)19-13-14-21(27-7-2)22(15-19)28-8-3/h9-15,20H,6-8,16H2,1-5H3,(H,24,26). The van der Waals surface area contributed by atoms with Crippen molar-refractivity contribution in [1.82, 2.24) is 10.2 Å². The summed E-state index contributed by atoms with van der Waals surface area (Å²) in [6.45, 7) is 7.56. The van der Waals surface area contributed by atoms with Crippen molar-refractivity contribution < 1.29 is 14.3 Å². The predicted octanol–water partition coefficient (Wildman–Crippen LogP) is 4.08. The number of aryl methyl sites for hydroxylation is 1. The van der Waals surface area contributed by atoms with Gasteiger partial charge in [0.15, 0.2) is 11.5 Å². The molecule has 5 heteroatoms. The van der Waals surface area contributed by atoms with E-state index in [1.165, 1.54) is 11.1 Å². The number of amides is 1. The van der Waals surface area contributed by atoms with E-state index < -0.39 is 0 Å². The summed E-state index contributed by atoms with van der Waals surface area (Å²) >= 11 is 0. The van der Waals surface area contributed by atoms with E-state index in [0.29, 0.717) is 36.8 Å². The van der Waals surface area contributed by atoms with Gasteiger partial charge in [0.1, 0.15) is 0 Å². The van der Waals surface area contributed by atoms with E-state index in [0.717, 1.165) is 6.42 Å². The van der Waals surface area contributed by atoms with Crippen LogP contribution < -0.4 is 14.8 Å². The van der Waals surface area contributed by atoms with Crippen LogP contribution in [0.5, 0.6) is 11.5 Å². The van der Waals surface area contributed by atoms with E-state index >= 15 is 0 Å². The van der Waals surface area contributed by atoms with Crippen molar-refractivity contribution in [3.8, 4) is 11.5 Å². The van der Waals surface area contributed by atoms with Gasteiger partial charge in [-0.2, -0.15) is 0 Å². The average molecular weight is 385 g/mol. The summed E-state index contributed by atoms with van der Waals surface area (Å²) in [6.07, 6.45) is 1.02. The molecule has 0 aromatic heterocycles. The Labute approximate surface area is 168 Å². The number of nitrogens with zero attached hydrogens (tertiary/aromatic N) is 1. The number of carbonyl (C=O) groups excluding carboxylic acids is 1. The average Bonchev–Trinajstić information content (AvgIpc) is 2.70. The van der Waals surface area contributed by atoms with Crippen LogP contribution in [0.2, 0.25) is 0 Å². The first-order valence-electron chi connectivity index (χ1n) is 9.93. The van der Waals surface area contributed by atoms with Gasteiger partial charge in [0.25, 0.3) is 5.91 Å². The van der Waals surface area contributed by atoms with Gasteiger partial charge in [-0.15, -0.1) is 0 Å². The third kappa shape index (κ3) is 5.73. The Hall–Kier alpha value is -2.53. The maximum Gasteiger partial charge on any atom is 0.251 e. The van der Waals surface area contributed by atoms with Crippen LogP contribution >= 0.6 is 0 Å². The lowest BCUT2D eigenvalue weighted by Gasteiger charge is -2.25. The molecule has 1 unspecified atom stereocenters. The number of hydrogen-bond acceptors (Lipinski definition) is 4. The number of likely N-dealkylation sites (N-methyl/N-ethyl adjacent to an activating group) is 1. The molecule has 1 amide bonds. The second-order valence-electron chi connectivity index (χ2n) is 6.81. The maximum absolute atomic E-state index is 12.7. The second-order valence-corrected chi connectivity index (χ2v) is 6.81. The molecule has 0 aliphatic rings. The minimum absolute atomic E-state index is 0.101. The van der Waals surface area contributed by atoms with Gasteiger partial charge in [-0.3, -0.25) is 4.79 Å². The Morgan fingerprint density at radius 3 is 2.18 bits per heavy atom. The highest BCUT2D eigenvalue weighted by molar-refractivity contribution is 5.94. The molecule has 2 aromatic carbocycles. The molecule has 0 heterocycles. The molecule has 0 aliphatic carbocycles. The van der Waals surface area contributed by atoms with Crippen LogP contribution in [0.25, 0.3) is 0 Å². The highest BCUT2D eigenvalue weighted by Crippen LogP contribution is 2.28. The molecule has 2 aromatic rings. The molecule has 0 aliphatic heterocycles. The molecule has 152 valence electrons. The summed E-state index contributed by atoms with van der Waals surface area (Å²) in [4.78, 5) is 14.8. The van der Waals surface area contributed by atoms with Crippen molar-refractivity contribution in [2.75, 3.05) is 33.9 Å². The van der Waals surface area contributed by atoms with E-state index in [2.05, 4.69) is 41.4 Å².